The lowest BCUT2D eigenvalue weighted by Gasteiger charge is -2.08. The number of aromatic nitrogens is 4. The Labute approximate surface area is 169 Å². The lowest BCUT2D eigenvalue weighted by molar-refractivity contribution is -0.118. The molecule has 0 unspecified atom stereocenters. The number of hydrogen-bond acceptors (Lipinski definition) is 5. The molecule has 1 N–H and O–H groups in total. The number of carbonyl (C=O) groups excluding carboxylic acids is 1. The van der Waals surface area contributed by atoms with E-state index in [1.54, 1.807) is 4.68 Å². The van der Waals surface area contributed by atoms with Gasteiger partial charge in [0.05, 0.1) is 11.4 Å². The van der Waals surface area contributed by atoms with Crippen LogP contribution in [0.15, 0.2) is 53.7 Å². The number of thioether (sulfide) groups is 1. The summed E-state index contributed by atoms with van der Waals surface area (Å²) in [5.74, 6) is 0.221. The SMILES string of the molecule is CCCCc1ccc(-n2nnnc2SCC(=O)NCc2ccccc2C)cc1. The zero-order chi connectivity index (χ0) is 19.8. The first kappa shape index (κ1) is 20.1. The topological polar surface area (TPSA) is 72.7 Å². The van der Waals surface area contributed by atoms with Gasteiger partial charge in [-0.2, -0.15) is 4.68 Å². The third kappa shape index (κ3) is 5.42. The van der Waals surface area contributed by atoms with Crippen LogP contribution in [0, 0.1) is 6.92 Å². The van der Waals surface area contributed by atoms with Gasteiger partial charge in [-0.3, -0.25) is 4.79 Å². The van der Waals surface area contributed by atoms with E-state index in [0.29, 0.717) is 11.7 Å². The van der Waals surface area contributed by atoms with Gasteiger partial charge in [0.15, 0.2) is 0 Å². The largest absolute Gasteiger partial charge is 0.351 e. The molecule has 2 aromatic carbocycles. The lowest BCUT2D eigenvalue weighted by Crippen LogP contribution is -2.25. The monoisotopic (exact) mass is 395 g/mol. The molecule has 0 bridgehead atoms. The maximum absolute atomic E-state index is 12.2. The minimum absolute atomic E-state index is 0.0438. The van der Waals surface area contributed by atoms with Gasteiger partial charge < -0.3 is 5.32 Å². The Kier molecular flexibility index (Phi) is 7.19. The molecule has 0 fully saturated rings. The Bertz CT molecular complexity index is 907. The quantitative estimate of drug-likeness (QED) is 0.559. The van der Waals surface area contributed by atoms with Gasteiger partial charge in [0.1, 0.15) is 0 Å². The molecule has 1 aromatic heterocycles. The van der Waals surface area contributed by atoms with E-state index in [-0.39, 0.29) is 11.7 Å². The van der Waals surface area contributed by atoms with Crippen molar-refractivity contribution in [2.75, 3.05) is 5.75 Å². The van der Waals surface area contributed by atoms with E-state index in [0.717, 1.165) is 17.7 Å². The number of tetrazole rings is 1. The van der Waals surface area contributed by atoms with Gasteiger partial charge in [0, 0.05) is 6.54 Å². The number of hydrogen-bond donors (Lipinski definition) is 1. The average molecular weight is 396 g/mol. The molecule has 0 atom stereocenters. The third-order valence-electron chi connectivity index (χ3n) is 4.51. The lowest BCUT2D eigenvalue weighted by atomic mass is 10.1. The smallest absolute Gasteiger partial charge is 0.230 e. The summed E-state index contributed by atoms with van der Waals surface area (Å²) >= 11 is 1.33. The number of aryl methyl sites for hydroxylation is 2. The van der Waals surface area contributed by atoms with E-state index in [1.165, 1.54) is 35.7 Å². The highest BCUT2D eigenvalue weighted by atomic mass is 32.2. The third-order valence-corrected chi connectivity index (χ3v) is 5.43. The van der Waals surface area contributed by atoms with Crippen LogP contribution in [0.5, 0.6) is 0 Å². The van der Waals surface area contributed by atoms with Crippen molar-refractivity contribution in [3.05, 3.63) is 65.2 Å². The van der Waals surface area contributed by atoms with E-state index in [9.17, 15) is 4.79 Å². The molecule has 6 nitrogen and oxygen atoms in total. The molecule has 0 saturated carbocycles. The van der Waals surface area contributed by atoms with Crippen LogP contribution in [0.4, 0.5) is 0 Å². The van der Waals surface area contributed by atoms with Crippen LogP contribution in [0.3, 0.4) is 0 Å². The normalized spacial score (nSPS) is 10.8. The fraction of sp³-hybridized carbons (Fsp3) is 0.333. The van der Waals surface area contributed by atoms with E-state index in [2.05, 4.69) is 39.9 Å². The highest BCUT2D eigenvalue weighted by molar-refractivity contribution is 7.99. The fourth-order valence-electron chi connectivity index (χ4n) is 2.80. The molecule has 1 heterocycles. The van der Waals surface area contributed by atoms with E-state index < -0.39 is 0 Å². The molecule has 146 valence electrons. The van der Waals surface area contributed by atoms with Crippen LogP contribution in [-0.4, -0.2) is 31.9 Å². The first-order valence-corrected chi connectivity index (χ1v) is 10.5. The summed E-state index contributed by atoms with van der Waals surface area (Å²) in [5, 5.41) is 15.4. The van der Waals surface area contributed by atoms with Crippen molar-refractivity contribution in [2.45, 2.75) is 44.8 Å². The van der Waals surface area contributed by atoms with Gasteiger partial charge in [0.2, 0.25) is 11.1 Å². The van der Waals surface area contributed by atoms with Crippen LogP contribution >= 0.6 is 11.8 Å². The molecule has 0 aliphatic rings. The zero-order valence-corrected chi connectivity index (χ0v) is 17.1. The predicted molar refractivity (Wildman–Crippen MR) is 112 cm³/mol. The maximum atomic E-state index is 12.2. The van der Waals surface area contributed by atoms with Crippen molar-refractivity contribution in [3.63, 3.8) is 0 Å². The number of benzene rings is 2. The molecular weight excluding hydrogens is 370 g/mol. The van der Waals surface area contributed by atoms with Gasteiger partial charge in [-0.05, 0) is 59.0 Å². The Hall–Kier alpha value is -2.67. The molecule has 3 rings (SSSR count). The minimum atomic E-state index is -0.0438. The van der Waals surface area contributed by atoms with E-state index >= 15 is 0 Å². The number of amides is 1. The fourth-order valence-corrected chi connectivity index (χ4v) is 3.52. The van der Waals surface area contributed by atoms with Crippen LogP contribution < -0.4 is 5.32 Å². The molecule has 28 heavy (non-hydrogen) atoms. The number of nitrogens with one attached hydrogen (secondary N) is 1. The summed E-state index contributed by atoms with van der Waals surface area (Å²) < 4.78 is 1.67. The minimum Gasteiger partial charge on any atom is -0.351 e. The second-order valence-electron chi connectivity index (χ2n) is 6.64. The van der Waals surface area contributed by atoms with Gasteiger partial charge >= 0.3 is 0 Å². The number of rotatable bonds is 9. The first-order chi connectivity index (χ1) is 13.7. The summed E-state index contributed by atoms with van der Waals surface area (Å²) in [7, 11) is 0. The second-order valence-corrected chi connectivity index (χ2v) is 7.58. The summed E-state index contributed by atoms with van der Waals surface area (Å²) in [6.45, 7) is 4.75. The van der Waals surface area contributed by atoms with Crippen molar-refractivity contribution in [2.24, 2.45) is 0 Å². The highest BCUT2D eigenvalue weighted by Gasteiger charge is 2.12. The predicted octanol–water partition coefficient (Wildman–Crippen LogP) is 3.72. The standard InChI is InChI=1S/C21H25N5OS/c1-3-4-8-17-10-12-19(13-11-17)26-21(23-24-25-26)28-15-20(27)22-14-18-9-6-5-7-16(18)2/h5-7,9-13H,3-4,8,14-15H2,1-2H3,(H,22,27). The number of nitrogens with zero attached hydrogens (tertiary/aromatic N) is 4. The summed E-state index contributed by atoms with van der Waals surface area (Å²) in [4.78, 5) is 12.2. The molecule has 0 aliphatic heterocycles. The number of unbranched alkanes of at least 4 members (excludes halogenated alkanes) is 1. The van der Waals surface area contributed by atoms with Gasteiger partial charge in [-0.1, -0.05) is 61.5 Å². The summed E-state index contributed by atoms with van der Waals surface area (Å²) in [5.41, 5.74) is 4.49. The van der Waals surface area contributed by atoms with Gasteiger partial charge in [0.25, 0.3) is 0 Å². The molecular formula is C21H25N5OS. The number of carbonyl (C=O) groups is 1. The van der Waals surface area contributed by atoms with Gasteiger partial charge in [-0.15, -0.1) is 5.10 Å². The summed E-state index contributed by atoms with van der Waals surface area (Å²) in [6.07, 6.45) is 3.44. The van der Waals surface area contributed by atoms with Crippen molar-refractivity contribution >= 4 is 17.7 Å². The molecule has 0 saturated heterocycles. The average Bonchev–Trinajstić information content (AvgIpc) is 3.19. The van der Waals surface area contributed by atoms with Crippen molar-refractivity contribution in [3.8, 4) is 5.69 Å². The molecule has 7 heteroatoms. The highest BCUT2D eigenvalue weighted by Crippen LogP contribution is 2.19. The van der Waals surface area contributed by atoms with Gasteiger partial charge in [-0.25, -0.2) is 0 Å². The van der Waals surface area contributed by atoms with Crippen LogP contribution in [0.25, 0.3) is 5.69 Å². The maximum Gasteiger partial charge on any atom is 0.230 e. The van der Waals surface area contributed by atoms with Crippen molar-refractivity contribution in [1.82, 2.24) is 25.5 Å². The molecule has 0 aliphatic carbocycles. The molecule has 1 amide bonds. The Morgan fingerprint density at radius 1 is 1.14 bits per heavy atom. The van der Waals surface area contributed by atoms with Crippen molar-refractivity contribution in [1.29, 1.82) is 0 Å². The Morgan fingerprint density at radius 2 is 1.93 bits per heavy atom. The van der Waals surface area contributed by atoms with Crippen molar-refractivity contribution < 1.29 is 4.79 Å². The van der Waals surface area contributed by atoms with Crippen LogP contribution in [0.2, 0.25) is 0 Å². The molecule has 0 radical (unpaired) electrons. The first-order valence-electron chi connectivity index (χ1n) is 9.49. The molecule has 3 aromatic rings. The van der Waals surface area contributed by atoms with E-state index in [1.807, 2.05) is 43.3 Å². The molecule has 0 spiro atoms. The second kappa shape index (κ2) is 10.0. The Balaban J connectivity index is 1.55. The summed E-state index contributed by atoms with van der Waals surface area (Å²) in [6, 6.07) is 16.3. The van der Waals surface area contributed by atoms with Crippen LogP contribution in [-0.2, 0) is 17.8 Å². The van der Waals surface area contributed by atoms with E-state index in [4.69, 9.17) is 0 Å². The Morgan fingerprint density at radius 3 is 2.68 bits per heavy atom. The van der Waals surface area contributed by atoms with Crippen LogP contribution in [0.1, 0.15) is 36.5 Å². The zero-order valence-electron chi connectivity index (χ0n) is 16.3.